The van der Waals surface area contributed by atoms with E-state index in [2.05, 4.69) is 15.3 Å². The fourth-order valence-electron chi connectivity index (χ4n) is 3.23. The van der Waals surface area contributed by atoms with Gasteiger partial charge in [0.2, 0.25) is 5.95 Å². The summed E-state index contributed by atoms with van der Waals surface area (Å²) in [4.78, 5) is 20.0. The minimum atomic E-state index is -4.92. The number of amides is 1. The number of benzene rings is 2. The maximum atomic E-state index is 13.4. The summed E-state index contributed by atoms with van der Waals surface area (Å²) in [5, 5.41) is 2.64. The number of rotatable bonds is 8. The van der Waals surface area contributed by atoms with Crippen LogP contribution in [-0.2, 0) is 27.0 Å². The molecule has 1 aromatic heterocycles. The van der Waals surface area contributed by atoms with Crippen molar-refractivity contribution in [2.24, 2.45) is 0 Å². The van der Waals surface area contributed by atoms with Gasteiger partial charge < -0.3 is 21.5 Å². The number of carbonyl (C=O) groups excluding carboxylic acids is 1. The predicted molar refractivity (Wildman–Crippen MR) is 137 cm³/mol. The minimum Gasteiger partial charge on any atom is -0.494 e. The van der Waals surface area contributed by atoms with Gasteiger partial charge in [-0.2, -0.15) is 21.8 Å². The molecule has 38 heavy (non-hydrogen) atoms. The summed E-state index contributed by atoms with van der Waals surface area (Å²) in [5.74, 6) is 0.553. The van der Waals surface area contributed by atoms with E-state index >= 15 is 0 Å². The van der Waals surface area contributed by atoms with Gasteiger partial charge in [-0.15, -0.1) is 3.89 Å². The third kappa shape index (κ3) is 9.89. The van der Waals surface area contributed by atoms with Crippen molar-refractivity contribution in [1.29, 1.82) is 0 Å². The highest BCUT2D eigenvalue weighted by molar-refractivity contribution is 7.86. The van der Waals surface area contributed by atoms with Crippen LogP contribution in [0, 0.1) is 13.8 Å². The molecule has 3 rings (SSSR count). The van der Waals surface area contributed by atoms with E-state index in [4.69, 9.17) is 33.7 Å². The van der Waals surface area contributed by atoms with E-state index in [0.29, 0.717) is 36.7 Å². The van der Waals surface area contributed by atoms with Crippen molar-refractivity contribution >= 4 is 44.0 Å². The van der Waals surface area contributed by atoms with Gasteiger partial charge in [-0.25, -0.2) is 4.98 Å². The highest BCUT2D eigenvalue weighted by atomic mass is 32.3. The Bertz CT molecular complexity index is 1480. The number of anilines is 3. The number of carbonyl (C=O) groups is 1. The lowest BCUT2D eigenvalue weighted by Crippen LogP contribution is -2.13. The van der Waals surface area contributed by atoms with Crippen LogP contribution < -0.4 is 21.5 Å². The normalized spacial score (nSPS) is 11.3. The van der Waals surface area contributed by atoms with Crippen LogP contribution >= 0.6 is 0 Å². The van der Waals surface area contributed by atoms with E-state index in [9.17, 15) is 17.1 Å². The zero-order valence-electron chi connectivity index (χ0n) is 20.3. The maximum Gasteiger partial charge on any atom is 0.394 e. The smallest absolute Gasteiger partial charge is 0.394 e. The molecule has 13 nitrogen and oxygen atoms in total. The molecule has 0 aliphatic rings. The summed E-state index contributed by atoms with van der Waals surface area (Å²) in [7, 11) is -9.59. The molecular formula is C22H26FN5O8S2. The molecule has 1 amide bonds. The fourth-order valence-corrected chi connectivity index (χ4v) is 3.95. The Kier molecular flexibility index (Phi) is 10.1. The number of aromatic nitrogens is 2. The average Bonchev–Trinajstić information content (AvgIpc) is 2.77. The van der Waals surface area contributed by atoms with Crippen LogP contribution in [-0.4, -0.2) is 48.4 Å². The van der Waals surface area contributed by atoms with Gasteiger partial charge in [0.15, 0.2) is 0 Å². The SMILES string of the molecule is Cc1ccc(C(=O)Nc2ccc(OCCCc3c(C)nc(N)nc3N)cc2)cc1S(=O)(=O)F.O=S(=O)(O)O. The third-order valence-electron chi connectivity index (χ3n) is 4.93. The van der Waals surface area contributed by atoms with E-state index in [0.717, 1.165) is 17.3 Å². The molecular weight excluding hydrogens is 545 g/mol. The Morgan fingerprint density at radius 2 is 1.63 bits per heavy atom. The molecule has 7 N–H and O–H groups in total. The predicted octanol–water partition coefficient (Wildman–Crippen LogP) is 2.53. The molecule has 0 spiro atoms. The second-order valence-corrected chi connectivity index (χ2v) is 10.0. The second kappa shape index (κ2) is 12.6. The Hall–Kier alpha value is -3.86. The molecule has 2 aromatic carbocycles. The van der Waals surface area contributed by atoms with Gasteiger partial charge in [-0.3, -0.25) is 13.9 Å². The van der Waals surface area contributed by atoms with Gasteiger partial charge in [-0.1, -0.05) is 6.07 Å². The van der Waals surface area contributed by atoms with E-state index in [1.807, 2.05) is 6.92 Å². The first kappa shape index (κ1) is 30.4. The molecule has 1 heterocycles. The molecule has 0 fully saturated rings. The topological polar surface area (TPSA) is 225 Å². The number of nitrogens with two attached hydrogens (primary N) is 2. The molecule has 0 radical (unpaired) electrons. The van der Waals surface area contributed by atoms with Crippen molar-refractivity contribution in [3.8, 4) is 5.75 Å². The molecule has 0 saturated carbocycles. The van der Waals surface area contributed by atoms with Crippen molar-refractivity contribution in [1.82, 2.24) is 9.97 Å². The number of nitrogens with one attached hydrogen (secondary N) is 1. The first-order valence-electron chi connectivity index (χ1n) is 10.7. The molecule has 0 atom stereocenters. The number of ether oxygens (including phenoxy) is 1. The quantitative estimate of drug-likeness (QED) is 0.149. The van der Waals surface area contributed by atoms with Crippen molar-refractivity contribution in [3.63, 3.8) is 0 Å². The summed E-state index contributed by atoms with van der Waals surface area (Å²) in [6, 6.07) is 10.5. The van der Waals surface area contributed by atoms with Crippen LogP contribution in [0.5, 0.6) is 5.75 Å². The zero-order valence-corrected chi connectivity index (χ0v) is 21.9. The van der Waals surface area contributed by atoms with Gasteiger partial charge in [0.25, 0.3) is 5.91 Å². The fraction of sp³-hybridized carbons (Fsp3) is 0.227. The molecule has 0 unspecified atom stereocenters. The average molecular weight is 572 g/mol. The second-order valence-electron chi connectivity index (χ2n) is 7.83. The van der Waals surface area contributed by atoms with Crippen LogP contribution in [0.25, 0.3) is 0 Å². The molecule has 206 valence electrons. The lowest BCUT2D eigenvalue weighted by Gasteiger charge is -2.11. The minimum absolute atomic E-state index is 0.0263. The lowest BCUT2D eigenvalue weighted by molar-refractivity contribution is 0.102. The van der Waals surface area contributed by atoms with Crippen molar-refractivity contribution in [3.05, 3.63) is 64.8 Å². The molecule has 0 aliphatic heterocycles. The van der Waals surface area contributed by atoms with E-state index in [1.54, 1.807) is 24.3 Å². The highest BCUT2D eigenvalue weighted by Crippen LogP contribution is 2.22. The summed E-state index contributed by atoms with van der Waals surface area (Å²) >= 11 is 0. The number of hydrogen-bond acceptors (Lipinski definition) is 10. The molecule has 3 aromatic rings. The standard InChI is InChI=1S/C22H24FN5O4S.H2O4S/c1-13-5-6-15(12-19(13)33(23,30)31)21(29)27-16-7-9-17(10-8-16)32-11-3-4-18-14(2)26-22(25)28-20(18)24;1-5(2,3)4/h5-10,12H,3-4,11H2,1-2H3,(H,27,29)(H4,24,25,26,28);(H2,1,2,3,4). The Morgan fingerprint density at radius 1 is 1.03 bits per heavy atom. The Labute approximate surface area is 218 Å². The van der Waals surface area contributed by atoms with Crippen LogP contribution in [0.15, 0.2) is 47.4 Å². The summed E-state index contributed by atoms with van der Waals surface area (Å²) < 4.78 is 73.1. The Morgan fingerprint density at radius 3 is 2.18 bits per heavy atom. The monoisotopic (exact) mass is 571 g/mol. The summed E-state index contributed by atoms with van der Waals surface area (Å²) in [5.41, 5.74) is 13.8. The van der Waals surface area contributed by atoms with Gasteiger partial charge >= 0.3 is 20.6 Å². The zero-order chi connectivity index (χ0) is 28.7. The van der Waals surface area contributed by atoms with Crippen LogP contribution in [0.3, 0.4) is 0 Å². The number of halogens is 1. The van der Waals surface area contributed by atoms with E-state index in [-0.39, 0.29) is 17.1 Å². The lowest BCUT2D eigenvalue weighted by atomic mass is 10.1. The van der Waals surface area contributed by atoms with Crippen LogP contribution in [0.2, 0.25) is 0 Å². The van der Waals surface area contributed by atoms with E-state index < -0.39 is 31.4 Å². The number of aryl methyl sites for hydroxylation is 2. The van der Waals surface area contributed by atoms with Crippen molar-refractivity contribution in [2.75, 3.05) is 23.4 Å². The van der Waals surface area contributed by atoms with Crippen LogP contribution in [0.1, 0.15) is 33.6 Å². The number of nitrogen functional groups attached to an aromatic ring is 2. The van der Waals surface area contributed by atoms with Crippen molar-refractivity contribution < 1.29 is 39.4 Å². The number of hydrogen-bond donors (Lipinski definition) is 5. The van der Waals surface area contributed by atoms with Gasteiger partial charge in [0.1, 0.15) is 16.5 Å². The maximum absolute atomic E-state index is 13.4. The van der Waals surface area contributed by atoms with Gasteiger partial charge in [0.05, 0.1) is 6.61 Å². The molecule has 0 bridgehead atoms. The van der Waals surface area contributed by atoms with Crippen molar-refractivity contribution in [2.45, 2.75) is 31.6 Å². The Balaban J connectivity index is 0.000000926. The highest BCUT2D eigenvalue weighted by Gasteiger charge is 2.18. The van der Waals surface area contributed by atoms with E-state index in [1.165, 1.54) is 19.1 Å². The first-order chi connectivity index (χ1) is 17.5. The third-order valence-corrected chi connectivity index (χ3v) is 5.89. The largest absolute Gasteiger partial charge is 0.494 e. The first-order valence-corrected chi connectivity index (χ1v) is 13.5. The molecule has 0 aliphatic carbocycles. The number of nitrogens with zero attached hydrogens (tertiary/aromatic N) is 2. The van der Waals surface area contributed by atoms with Crippen LogP contribution in [0.4, 0.5) is 21.3 Å². The summed E-state index contributed by atoms with van der Waals surface area (Å²) in [6.07, 6.45) is 1.32. The van der Waals surface area contributed by atoms with Gasteiger partial charge in [0, 0.05) is 22.5 Å². The molecule has 0 saturated heterocycles. The van der Waals surface area contributed by atoms with Gasteiger partial charge in [-0.05, 0) is 68.7 Å². The summed E-state index contributed by atoms with van der Waals surface area (Å²) in [6.45, 7) is 3.71. The molecule has 16 heteroatoms.